The summed E-state index contributed by atoms with van der Waals surface area (Å²) in [6.45, 7) is 6.35. The molecule has 4 heteroatoms. The molecule has 4 nitrogen and oxygen atoms in total. The Morgan fingerprint density at radius 3 is 2.52 bits per heavy atom. The number of hydrogen-bond donors (Lipinski definition) is 0. The van der Waals surface area contributed by atoms with Crippen molar-refractivity contribution in [3.8, 4) is 0 Å². The molecule has 21 heavy (non-hydrogen) atoms. The monoisotopic (exact) mass is 282 g/mol. The Balaban J connectivity index is 1.99. The van der Waals surface area contributed by atoms with E-state index in [2.05, 4.69) is 34.8 Å². The van der Waals surface area contributed by atoms with Crippen molar-refractivity contribution in [1.82, 2.24) is 9.80 Å². The number of benzene rings is 1. The van der Waals surface area contributed by atoms with Gasteiger partial charge in [0.25, 0.3) is 0 Å². The van der Waals surface area contributed by atoms with E-state index in [4.69, 9.17) is 4.99 Å². The molecule has 1 aromatic rings. The van der Waals surface area contributed by atoms with Crippen molar-refractivity contribution in [3.05, 3.63) is 35.9 Å². The van der Waals surface area contributed by atoms with Crippen LogP contribution in [0.3, 0.4) is 0 Å². The molecule has 0 amide bonds. The highest BCUT2D eigenvalue weighted by Crippen LogP contribution is 2.30. The zero-order chi connectivity index (χ0) is 14.7. The number of piperazine rings is 1. The number of likely N-dealkylation sites (N-methyl/N-ethyl adjacent to an activating group) is 1. The van der Waals surface area contributed by atoms with Crippen LogP contribution in [-0.2, 0) is 0 Å². The minimum Gasteiger partial charge on any atom is -0.353 e. The lowest BCUT2D eigenvalue weighted by atomic mass is 10.1. The Hall–Kier alpha value is -1.94. The SMILES string of the molecule is CC/C=C1\C=Nc2ccccc2N=C1N1CCN(C)CC1. The predicted molar refractivity (Wildman–Crippen MR) is 89.1 cm³/mol. The molecule has 0 radical (unpaired) electrons. The maximum absolute atomic E-state index is 4.92. The molecule has 0 N–H and O–H groups in total. The molecule has 2 heterocycles. The molecule has 110 valence electrons. The van der Waals surface area contributed by atoms with Gasteiger partial charge < -0.3 is 9.80 Å². The van der Waals surface area contributed by atoms with Gasteiger partial charge in [-0.15, -0.1) is 0 Å². The van der Waals surface area contributed by atoms with Crippen molar-refractivity contribution in [2.75, 3.05) is 33.2 Å². The fraction of sp³-hybridized carbons (Fsp3) is 0.412. The highest BCUT2D eigenvalue weighted by atomic mass is 15.3. The molecule has 0 unspecified atom stereocenters. The molecular formula is C17H22N4. The van der Waals surface area contributed by atoms with Crippen molar-refractivity contribution < 1.29 is 0 Å². The van der Waals surface area contributed by atoms with E-state index in [0.29, 0.717) is 0 Å². The number of hydrogen-bond acceptors (Lipinski definition) is 4. The number of para-hydroxylation sites is 2. The van der Waals surface area contributed by atoms with E-state index in [0.717, 1.165) is 55.4 Å². The number of amidine groups is 1. The summed E-state index contributed by atoms with van der Waals surface area (Å²) in [6.07, 6.45) is 5.17. The summed E-state index contributed by atoms with van der Waals surface area (Å²) in [5, 5.41) is 0. The van der Waals surface area contributed by atoms with E-state index in [-0.39, 0.29) is 0 Å². The van der Waals surface area contributed by atoms with Crippen molar-refractivity contribution in [2.45, 2.75) is 13.3 Å². The Morgan fingerprint density at radius 2 is 1.81 bits per heavy atom. The third-order valence-electron chi connectivity index (χ3n) is 3.94. The smallest absolute Gasteiger partial charge is 0.137 e. The topological polar surface area (TPSA) is 31.2 Å². The van der Waals surface area contributed by atoms with Crippen LogP contribution in [0.1, 0.15) is 13.3 Å². The van der Waals surface area contributed by atoms with Crippen LogP contribution in [0, 0.1) is 0 Å². The fourth-order valence-electron chi connectivity index (χ4n) is 2.68. The van der Waals surface area contributed by atoms with Gasteiger partial charge in [0.15, 0.2) is 0 Å². The van der Waals surface area contributed by atoms with Gasteiger partial charge in [0, 0.05) is 38.0 Å². The lowest BCUT2D eigenvalue weighted by molar-refractivity contribution is 0.216. The number of allylic oxidation sites excluding steroid dienone is 1. The van der Waals surface area contributed by atoms with Crippen LogP contribution in [0.25, 0.3) is 0 Å². The third kappa shape index (κ3) is 3.05. The van der Waals surface area contributed by atoms with Gasteiger partial charge in [-0.3, -0.25) is 4.99 Å². The van der Waals surface area contributed by atoms with Gasteiger partial charge in [-0.25, -0.2) is 4.99 Å². The summed E-state index contributed by atoms with van der Waals surface area (Å²) in [4.78, 5) is 14.3. The summed E-state index contributed by atoms with van der Waals surface area (Å²) in [5.41, 5.74) is 3.05. The lowest BCUT2D eigenvalue weighted by Crippen LogP contribution is -2.47. The molecule has 0 aromatic heterocycles. The van der Waals surface area contributed by atoms with E-state index < -0.39 is 0 Å². The van der Waals surface area contributed by atoms with Crippen LogP contribution < -0.4 is 0 Å². The first-order valence-corrected chi connectivity index (χ1v) is 7.63. The fourth-order valence-corrected chi connectivity index (χ4v) is 2.68. The highest BCUT2D eigenvalue weighted by molar-refractivity contribution is 6.17. The summed E-state index contributed by atoms with van der Waals surface area (Å²) >= 11 is 0. The van der Waals surface area contributed by atoms with Crippen LogP contribution in [0.15, 0.2) is 45.9 Å². The van der Waals surface area contributed by atoms with Gasteiger partial charge in [0.2, 0.25) is 0 Å². The third-order valence-corrected chi connectivity index (χ3v) is 3.94. The molecule has 1 aromatic carbocycles. The number of fused-ring (bicyclic) bond motifs is 1. The van der Waals surface area contributed by atoms with Crippen LogP contribution >= 0.6 is 0 Å². The summed E-state index contributed by atoms with van der Waals surface area (Å²) in [6, 6.07) is 8.09. The van der Waals surface area contributed by atoms with Crippen LogP contribution in [0.5, 0.6) is 0 Å². The van der Waals surface area contributed by atoms with Gasteiger partial charge in [0.05, 0.1) is 11.4 Å². The predicted octanol–water partition coefficient (Wildman–Crippen LogP) is 3.02. The molecule has 0 bridgehead atoms. The molecule has 2 aliphatic rings. The van der Waals surface area contributed by atoms with Gasteiger partial charge in [0.1, 0.15) is 5.84 Å². The lowest BCUT2D eigenvalue weighted by Gasteiger charge is -2.34. The summed E-state index contributed by atoms with van der Waals surface area (Å²) in [7, 11) is 2.17. The molecular weight excluding hydrogens is 260 g/mol. The van der Waals surface area contributed by atoms with Crippen LogP contribution in [0.4, 0.5) is 11.4 Å². The van der Waals surface area contributed by atoms with E-state index in [1.54, 1.807) is 0 Å². The molecule has 0 saturated carbocycles. The van der Waals surface area contributed by atoms with Crippen molar-refractivity contribution in [3.63, 3.8) is 0 Å². The largest absolute Gasteiger partial charge is 0.353 e. The Labute approximate surface area is 126 Å². The quantitative estimate of drug-likeness (QED) is 0.793. The average Bonchev–Trinajstić information content (AvgIpc) is 2.69. The summed E-state index contributed by atoms with van der Waals surface area (Å²) < 4.78 is 0. The molecule has 1 saturated heterocycles. The van der Waals surface area contributed by atoms with Gasteiger partial charge in [-0.05, 0) is 25.6 Å². The zero-order valence-electron chi connectivity index (χ0n) is 12.8. The minimum absolute atomic E-state index is 0.948. The van der Waals surface area contributed by atoms with E-state index >= 15 is 0 Å². The van der Waals surface area contributed by atoms with Crippen molar-refractivity contribution >= 4 is 23.4 Å². The highest BCUT2D eigenvalue weighted by Gasteiger charge is 2.21. The molecule has 0 spiro atoms. The molecule has 2 aliphatic heterocycles. The van der Waals surface area contributed by atoms with Crippen molar-refractivity contribution in [1.29, 1.82) is 0 Å². The second kappa shape index (κ2) is 6.22. The van der Waals surface area contributed by atoms with E-state index in [1.807, 2.05) is 30.5 Å². The minimum atomic E-state index is 0.948. The van der Waals surface area contributed by atoms with Crippen LogP contribution in [-0.4, -0.2) is 55.1 Å². The Bertz CT molecular complexity index is 593. The molecule has 0 aliphatic carbocycles. The van der Waals surface area contributed by atoms with Gasteiger partial charge in [-0.2, -0.15) is 0 Å². The second-order valence-electron chi connectivity index (χ2n) is 5.54. The molecule has 1 fully saturated rings. The van der Waals surface area contributed by atoms with Crippen LogP contribution in [0.2, 0.25) is 0 Å². The number of rotatable bonds is 1. The number of aliphatic imine (C=N–C) groups is 2. The first-order valence-electron chi connectivity index (χ1n) is 7.63. The zero-order valence-corrected chi connectivity index (χ0v) is 12.8. The Morgan fingerprint density at radius 1 is 1.10 bits per heavy atom. The van der Waals surface area contributed by atoms with Crippen molar-refractivity contribution in [2.24, 2.45) is 9.98 Å². The van der Waals surface area contributed by atoms with Gasteiger partial charge in [-0.1, -0.05) is 25.1 Å². The van der Waals surface area contributed by atoms with Gasteiger partial charge >= 0.3 is 0 Å². The van der Waals surface area contributed by atoms with E-state index in [1.165, 1.54) is 0 Å². The first-order chi connectivity index (χ1) is 10.3. The Kier molecular flexibility index (Phi) is 4.15. The molecule has 0 atom stereocenters. The average molecular weight is 282 g/mol. The molecule has 3 rings (SSSR count). The summed E-state index contributed by atoms with van der Waals surface area (Å²) in [5.74, 6) is 1.07. The maximum atomic E-state index is 4.92. The normalized spacial score (nSPS) is 21.1. The second-order valence-corrected chi connectivity index (χ2v) is 5.54. The first kappa shape index (κ1) is 14.0. The standard InChI is InChI=1S/C17H22N4/c1-3-6-14-13-18-15-7-4-5-8-16(15)19-17(14)21-11-9-20(2)10-12-21/h4-8,13H,3,9-12H2,1-2H3/b14-6+. The number of nitrogens with zero attached hydrogens (tertiary/aromatic N) is 4. The van der Waals surface area contributed by atoms with E-state index in [9.17, 15) is 0 Å². The maximum Gasteiger partial charge on any atom is 0.137 e.